The highest BCUT2D eigenvalue weighted by Crippen LogP contribution is 2.51. The Morgan fingerprint density at radius 3 is 1.64 bits per heavy atom. The molecular formula is C56H34N4O. The first-order valence-electron chi connectivity index (χ1n) is 20.7. The predicted octanol–water partition coefficient (Wildman–Crippen LogP) is 14.6. The van der Waals surface area contributed by atoms with Crippen molar-refractivity contribution in [1.82, 2.24) is 19.1 Å². The van der Waals surface area contributed by atoms with E-state index < -0.39 is 0 Å². The molecule has 0 unspecified atom stereocenters. The highest BCUT2D eigenvalue weighted by molar-refractivity contribution is 6.26. The second-order valence-corrected chi connectivity index (χ2v) is 15.8. The largest absolute Gasteiger partial charge is 0.456 e. The molecule has 0 saturated carbocycles. The van der Waals surface area contributed by atoms with Crippen LogP contribution in [0.4, 0.5) is 0 Å². The van der Waals surface area contributed by atoms with Crippen LogP contribution in [-0.2, 0) is 0 Å². The third-order valence-corrected chi connectivity index (χ3v) is 12.3. The summed E-state index contributed by atoms with van der Waals surface area (Å²) >= 11 is 0. The van der Waals surface area contributed by atoms with Gasteiger partial charge in [-0.15, -0.1) is 0 Å². The summed E-state index contributed by atoms with van der Waals surface area (Å²) in [6.45, 7) is 0. The molecule has 0 spiro atoms. The minimum atomic E-state index is 0.639. The van der Waals surface area contributed by atoms with Crippen LogP contribution in [-0.4, -0.2) is 19.1 Å². The fourth-order valence-electron chi connectivity index (χ4n) is 9.60. The minimum Gasteiger partial charge on any atom is -0.456 e. The van der Waals surface area contributed by atoms with Crippen molar-refractivity contribution in [2.45, 2.75) is 0 Å². The van der Waals surface area contributed by atoms with Crippen molar-refractivity contribution in [1.29, 1.82) is 0 Å². The van der Waals surface area contributed by atoms with Gasteiger partial charge in [-0.3, -0.25) is 4.57 Å². The summed E-state index contributed by atoms with van der Waals surface area (Å²) in [6.07, 6.45) is 0. The van der Waals surface area contributed by atoms with Gasteiger partial charge in [0.2, 0.25) is 5.95 Å². The summed E-state index contributed by atoms with van der Waals surface area (Å²) < 4.78 is 11.2. The summed E-state index contributed by atoms with van der Waals surface area (Å²) in [5.41, 5.74) is 14.0. The second kappa shape index (κ2) is 13.1. The molecule has 5 nitrogen and oxygen atoms in total. The van der Waals surface area contributed by atoms with Gasteiger partial charge in [0.15, 0.2) is 0 Å². The summed E-state index contributed by atoms with van der Waals surface area (Å²) in [5, 5.41) is 7.04. The molecule has 5 heteroatoms. The molecule has 3 aromatic heterocycles. The number of benzene rings is 9. The molecule has 12 aromatic rings. The Morgan fingerprint density at radius 1 is 0.328 bits per heavy atom. The molecule has 1 aliphatic rings. The van der Waals surface area contributed by atoms with Crippen LogP contribution in [0.5, 0.6) is 11.5 Å². The number of fused-ring (bicyclic) bond motifs is 9. The van der Waals surface area contributed by atoms with E-state index in [-0.39, 0.29) is 0 Å². The molecule has 0 aliphatic carbocycles. The number of para-hydroxylation sites is 3. The maximum Gasteiger partial charge on any atom is 0.235 e. The van der Waals surface area contributed by atoms with Gasteiger partial charge < -0.3 is 9.30 Å². The molecule has 284 valence electrons. The van der Waals surface area contributed by atoms with E-state index >= 15 is 0 Å². The summed E-state index contributed by atoms with van der Waals surface area (Å²) in [7, 11) is 0. The quantitative estimate of drug-likeness (QED) is 0.175. The van der Waals surface area contributed by atoms with Crippen LogP contribution in [0.25, 0.3) is 111 Å². The Morgan fingerprint density at radius 2 is 0.902 bits per heavy atom. The van der Waals surface area contributed by atoms with Gasteiger partial charge in [0, 0.05) is 49.3 Å². The fraction of sp³-hybridized carbons (Fsp3) is 0. The van der Waals surface area contributed by atoms with E-state index in [1.54, 1.807) is 0 Å². The summed E-state index contributed by atoms with van der Waals surface area (Å²) in [6, 6.07) is 73.1. The van der Waals surface area contributed by atoms with Gasteiger partial charge in [-0.25, -0.2) is 9.97 Å². The molecule has 0 radical (unpaired) electrons. The van der Waals surface area contributed by atoms with Gasteiger partial charge in [-0.05, 0) is 88.8 Å². The fourth-order valence-corrected chi connectivity index (χ4v) is 9.60. The van der Waals surface area contributed by atoms with Gasteiger partial charge in [0.25, 0.3) is 0 Å². The molecule has 0 N–H and O–H groups in total. The number of hydrogen-bond donors (Lipinski definition) is 0. The van der Waals surface area contributed by atoms with E-state index in [9.17, 15) is 0 Å². The Kier molecular flexibility index (Phi) is 7.24. The maximum absolute atomic E-state index is 6.55. The summed E-state index contributed by atoms with van der Waals surface area (Å²) in [5.74, 6) is 2.41. The lowest BCUT2D eigenvalue weighted by atomic mass is 9.91. The number of ether oxygens (including phenoxy) is 1. The highest BCUT2D eigenvalue weighted by Gasteiger charge is 2.25. The van der Waals surface area contributed by atoms with Crippen molar-refractivity contribution >= 4 is 54.4 Å². The molecule has 0 bridgehead atoms. The molecular weight excluding hydrogens is 745 g/mol. The third-order valence-electron chi connectivity index (χ3n) is 12.3. The van der Waals surface area contributed by atoms with E-state index in [0.717, 1.165) is 89.1 Å². The maximum atomic E-state index is 6.55. The molecule has 13 rings (SSSR count). The molecule has 0 saturated heterocycles. The van der Waals surface area contributed by atoms with E-state index in [1.165, 1.54) is 27.2 Å². The van der Waals surface area contributed by atoms with Gasteiger partial charge >= 0.3 is 0 Å². The first-order valence-corrected chi connectivity index (χ1v) is 20.7. The standard InChI is InChI=1S/C56H34N4O/c1-4-15-35(16-5-1)46-34-47(36-17-6-2-7-18-36)58-56(57-46)60-48-24-12-10-21-40(48)43-31-37(27-29-49(43)60)38-28-30-50-45(32-38)54-42-23-14-26-53-55(42)44(41-22-11-13-25-52(41)61-53)33-51(54)59(50)39-19-8-3-9-20-39/h1-34H. The number of hydrogen-bond acceptors (Lipinski definition) is 3. The lowest BCUT2D eigenvalue weighted by Crippen LogP contribution is -2.03. The van der Waals surface area contributed by atoms with Crippen molar-refractivity contribution in [3.8, 4) is 67.9 Å². The molecule has 0 fully saturated rings. The van der Waals surface area contributed by atoms with Gasteiger partial charge in [0.05, 0.1) is 33.5 Å². The molecule has 0 atom stereocenters. The predicted molar refractivity (Wildman–Crippen MR) is 250 cm³/mol. The SMILES string of the molecule is c1ccc(-c2cc(-c3ccccc3)nc(-n3c4ccccc4c4cc(-c5ccc6c(c5)c5c7cccc8c7c(cc5n6-c5ccccc5)-c5ccccc5O8)ccc43)n2)cc1. The van der Waals surface area contributed by atoms with Crippen molar-refractivity contribution in [3.63, 3.8) is 0 Å². The second-order valence-electron chi connectivity index (χ2n) is 15.8. The van der Waals surface area contributed by atoms with E-state index in [2.05, 4.69) is 197 Å². The zero-order valence-electron chi connectivity index (χ0n) is 32.8. The first-order chi connectivity index (χ1) is 30.2. The minimum absolute atomic E-state index is 0.639. The first kappa shape index (κ1) is 33.7. The van der Waals surface area contributed by atoms with Gasteiger partial charge in [-0.1, -0.05) is 140 Å². The van der Waals surface area contributed by atoms with E-state index in [1.807, 2.05) is 18.2 Å². The molecule has 61 heavy (non-hydrogen) atoms. The van der Waals surface area contributed by atoms with Crippen molar-refractivity contribution < 1.29 is 4.74 Å². The normalized spacial score (nSPS) is 12.1. The van der Waals surface area contributed by atoms with Crippen LogP contribution in [0, 0.1) is 0 Å². The average molecular weight is 779 g/mol. The van der Waals surface area contributed by atoms with Crippen molar-refractivity contribution in [2.75, 3.05) is 0 Å². The lowest BCUT2D eigenvalue weighted by molar-refractivity contribution is 0.487. The van der Waals surface area contributed by atoms with Crippen molar-refractivity contribution in [3.05, 3.63) is 206 Å². The Bertz CT molecular complexity index is 3660. The number of aromatic nitrogens is 4. The zero-order valence-corrected chi connectivity index (χ0v) is 32.8. The lowest BCUT2D eigenvalue weighted by Gasteiger charge is -2.22. The molecule has 9 aromatic carbocycles. The van der Waals surface area contributed by atoms with Crippen LogP contribution in [0.1, 0.15) is 0 Å². The topological polar surface area (TPSA) is 44.9 Å². The molecule has 4 heterocycles. The highest BCUT2D eigenvalue weighted by atomic mass is 16.5. The zero-order chi connectivity index (χ0) is 40.0. The average Bonchev–Trinajstić information content (AvgIpc) is 3.84. The monoisotopic (exact) mass is 778 g/mol. The Hall–Kier alpha value is -8.28. The molecule has 1 aliphatic heterocycles. The van der Waals surface area contributed by atoms with Crippen LogP contribution in [0.2, 0.25) is 0 Å². The van der Waals surface area contributed by atoms with E-state index in [4.69, 9.17) is 14.7 Å². The summed E-state index contributed by atoms with van der Waals surface area (Å²) in [4.78, 5) is 10.5. The number of nitrogens with zero attached hydrogens (tertiary/aromatic N) is 4. The Labute approximate surface area is 351 Å². The number of rotatable bonds is 5. The Balaban J connectivity index is 1.04. The van der Waals surface area contributed by atoms with Crippen LogP contribution < -0.4 is 4.74 Å². The van der Waals surface area contributed by atoms with Crippen LogP contribution in [0.3, 0.4) is 0 Å². The van der Waals surface area contributed by atoms with Gasteiger partial charge in [0.1, 0.15) is 11.5 Å². The van der Waals surface area contributed by atoms with Crippen LogP contribution in [0.15, 0.2) is 206 Å². The van der Waals surface area contributed by atoms with E-state index in [0.29, 0.717) is 5.95 Å². The third kappa shape index (κ3) is 5.14. The van der Waals surface area contributed by atoms with Crippen LogP contribution >= 0.6 is 0 Å². The molecule has 0 amide bonds. The van der Waals surface area contributed by atoms with Gasteiger partial charge in [-0.2, -0.15) is 0 Å². The smallest absolute Gasteiger partial charge is 0.235 e. The van der Waals surface area contributed by atoms with Crippen molar-refractivity contribution in [2.24, 2.45) is 0 Å².